The van der Waals surface area contributed by atoms with Crippen molar-refractivity contribution in [1.82, 2.24) is 10.3 Å². The van der Waals surface area contributed by atoms with E-state index in [1.54, 1.807) is 23.1 Å². The van der Waals surface area contributed by atoms with Gasteiger partial charge in [0.2, 0.25) is 0 Å². The van der Waals surface area contributed by atoms with E-state index in [0.29, 0.717) is 19.1 Å². The second kappa shape index (κ2) is 10.4. The number of rotatable bonds is 9. The predicted molar refractivity (Wildman–Crippen MR) is 105 cm³/mol. The number of carbonyl (C=O) groups excluding carboxylic acids is 1. The molecule has 0 aliphatic heterocycles. The Bertz CT molecular complexity index is 657. The topological polar surface area (TPSA) is 63.2 Å². The molecule has 0 aliphatic carbocycles. The normalized spacial score (nSPS) is 10.9. The lowest BCUT2D eigenvalue weighted by atomic mass is 10.2. The molecule has 0 atom stereocenters. The van der Waals surface area contributed by atoms with E-state index in [0.717, 1.165) is 33.6 Å². The third kappa shape index (κ3) is 7.90. The molecular formula is C18H25N3O2S2. The summed E-state index contributed by atoms with van der Waals surface area (Å²) in [7, 11) is 0. The summed E-state index contributed by atoms with van der Waals surface area (Å²) in [5.41, 5.74) is 1.81. The molecule has 2 N–H and O–H groups in total. The Morgan fingerprint density at radius 3 is 2.72 bits per heavy atom. The van der Waals surface area contributed by atoms with Gasteiger partial charge in [0.25, 0.3) is 0 Å². The second-order valence-electron chi connectivity index (χ2n) is 6.08. The number of benzene rings is 1. The minimum atomic E-state index is -0.195. The molecule has 0 fully saturated rings. The van der Waals surface area contributed by atoms with Crippen molar-refractivity contribution in [2.45, 2.75) is 36.4 Å². The van der Waals surface area contributed by atoms with E-state index in [1.165, 1.54) is 0 Å². The Balaban J connectivity index is 1.67. The molecule has 1 aromatic carbocycles. The van der Waals surface area contributed by atoms with E-state index in [1.807, 2.05) is 36.6 Å². The van der Waals surface area contributed by atoms with Crippen LogP contribution in [0.5, 0.6) is 0 Å². The van der Waals surface area contributed by atoms with Crippen molar-refractivity contribution in [2.24, 2.45) is 5.92 Å². The number of amides is 2. The number of urea groups is 1. The highest BCUT2D eigenvalue weighted by Crippen LogP contribution is 2.30. The van der Waals surface area contributed by atoms with Crippen molar-refractivity contribution < 1.29 is 9.53 Å². The lowest BCUT2D eigenvalue weighted by molar-refractivity contribution is 0.108. The van der Waals surface area contributed by atoms with Crippen molar-refractivity contribution in [3.63, 3.8) is 0 Å². The van der Waals surface area contributed by atoms with Crippen LogP contribution in [0.15, 0.2) is 38.9 Å². The average Bonchev–Trinajstić information content (AvgIpc) is 2.97. The van der Waals surface area contributed by atoms with Crippen LogP contribution in [0.1, 0.15) is 26.0 Å². The lowest BCUT2D eigenvalue weighted by Gasteiger charge is -2.09. The number of nitrogens with one attached hydrogen (secondary N) is 2. The van der Waals surface area contributed by atoms with Crippen molar-refractivity contribution in [2.75, 3.05) is 25.1 Å². The van der Waals surface area contributed by atoms with Gasteiger partial charge in [0.15, 0.2) is 4.34 Å². The zero-order chi connectivity index (χ0) is 18.1. The molecule has 2 amide bonds. The van der Waals surface area contributed by atoms with Gasteiger partial charge in [-0.1, -0.05) is 25.6 Å². The quantitative estimate of drug-likeness (QED) is 0.615. The number of nitrogens with zero attached hydrogens (tertiary/aromatic N) is 1. The van der Waals surface area contributed by atoms with Crippen molar-refractivity contribution in [3.8, 4) is 0 Å². The van der Waals surface area contributed by atoms with E-state index in [4.69, 9.17) is 4.74 Å². The van der Waals surface area contributed by atoms with Gasteiger partial charge >= 0.3 is 6.03 Å². The molecule has 136 valence electrons. The molecular weight excluding hydrogens is 354 g/mol. The molecule has 7 heteroatoms. The molecule has 5 nitrogen and oxygen atoms in total. The molecule has 25 heavy (non-hydrogen) atoms. The molecule has 1 aromatic heterocycles. The molecule has 0 spiro atoms. The van der Waals surface area contributed by atoms with Crippen LogP contribution in [0.25, 0.3) is 0 Å². The van der Waals surface area contributed by atoms with E-state index < -0.39 is 0 Å². The number of hydrogen-bond acceptors (Lipinski definition) is 5. The largest absolute Gasteiger partial charge is 0.381 e. The number of aromatic nitrogens is 1. The third-order valence-electron chi connectivity index (χ3n) is 3.12. The highest BCUT2D eigenvalue weighted by atomic mass is 32.2. The summed E-state index contributed by atoms with van der Waals surface area (Å²) in [4.78, 5) is 17.4. The fourth-order valence-electron chi connectivity index (χ4n) is 1.96. The van der Waals surface area contributed by atoms with Gasteiger partial charge < -0.3 is 15.4 Å². The van der Waals surface area contributed by atoms with E-state index in [-0.39, 0.29) is 6.03 Å². The Kier molecular flexibility index (Phi) is 8.24. The number of ether oxygens (including phenoxy) is 1. The summed E-state index contributed by atoms with van der Waals surface area (Å²) in [6.45, 7) is 8.25. The summed E-state index contributed by atoms with van der Waals surface area (Å²) in [6.07, 6.45) is 0.808. The van der Waals surface area contributed by atoms with E-state index in [9.17, 15) is 4.79 Å². The summed E-state index contributed by atoms with van der Waals surface area (Å²) < 4.78 is 6.50. The monoisotopic (exact) mass is 379 g/mol. The average molecular weight is 380 g/mol. The van der Waals surface area contributed by atoms with Crippen molar-refractivity contribution in [3.05, 3.63) is 35.3 Å². The molecule has 0 unspecified atom stereocenters. The Hall–Kier alpha value is -1.57. The maximum Gasteiger partial charge on any atom is 0.319 e. The first kappa shape index (κ1) is 19.8. The van der Waals surface area contributed by atoms with Gasteiger partial charge in [-0.3, -0.25) is 0 Å². The Morgan fingerprint density at radius 1 is 1.32 bits per heavy atom. The lowest BCUT2D eigenvalue weighted by Crippen LogP contribution is -2.30. The van der Waals surface area contributed by atoms with Gasteiger partial charge in [-0.25, -0.2) is 9.78 Å². The zero-order valence-corrected chi connectivity index (χ0v) is 16.5. The molecule has 2 aromatic rings. The first-order valence-electron chi connectivity index (χ1n) is 8.35. The van der Waals surface area contributed by atoms with Crippen LogP contribution in [0.3, 0.4) is 0 Å². The first-order valence-corrected chi connectivity index (χ1v) is 10.0. The first-order chi connectivity index (χ1) is 12.0. The molecule has 0 radical (unpaired) electrons. The summed E-state index contributed by atoms with van der Waals surface area (Å²) in [5.74, 6) is 0.539. The molecule has 0 saturated carbocycles. The Morgan fingerprint density at radius 2 is 2.08 bits per heavy atom. The van der Waals surface area contributed by atoms with Gasteiger partial charge in [0, 0.05) is 41.4 Å². The predicted octanol–water partition coefficient (Wildman–Crippen LogP) is 4.79. The number of thiazole rings is 1. The third-order valence-corrected chi connectivity index (χ3v) is 5.18. The molecule has 0 bridgehead atoms. The van der Waals surface area contributed by atoms with Crippen LogP contribution in [-0.4, -0.2) is 30.8 Å². The summed E-state index contributed by atoms with van der Waals surface area (Å²) in [5, 5.41) is 7.70. The van der Waals surface area contributed by atoms with Crippen LogP contribution in [0, 0.1) is 12.8 Å². The molecule has 0 aliphatic rings. The van der Waals surface area contributed by atoms with Crippen LogP contribution >= 0.6 is 23.1 Å². The maximum atomic E-state index is 11.9. The SMILES string of the molecule is Cc1csc(Sc2ccc(NC(=O)NCCCOCC(C)C)cc2)n1. The van der Waals surface area contributed by atoms with Crippen LogP contribution in [0.4, 0.5) is 10.5 Å². The number of anilines is 1. The van der Waals surface area contributed by atoms with Gasteiger partial charge in [-0.05, 0) is 43.5 Å². The number of carbonyl (C=O) groups is 1. The van der Waals surface area contributed by atoms with Crippen molar-refractivity contribution in [1.29, 1.82) is 0 Å². The second-order valence-corrected chi connectivity index (χ2v) is 8.26. The summed E-state index contributed by atoms with van der Waals surface area (Å²) in [6, 6.07) is 7.57. The van der Waals surface area contributed by atoms with E-state index in [2.05, 4.69) is 29.5 Å². The minimum absolute atomic E-state index is 0.195. The van der Waals surface area contributed by atoms with Gasteiger partial charge in [0.1, 0.15) is 0 Å². The standard InChI is InChI=1S/C18H25N3O2S2/c1-13(2)11-23-10-4-9-19-17(22)21-15-5-7-16(8-6-15)25-18-20-14(3)12-24-18/h5-8,12-13H,4,9-11H2,1-3H3,(H2,19,21,22). The molecule has 0 saturated heterocycles. The van der Waals surface area contributed by atoms with Crippen molar-refractivity contribution >= 4 is 34.8 Å². The van der Waals surface area contributed by atoms with Crippen LogP contribution in [0.2, 0.25) is 0 Å². The summed E-state index contributed by atoms with van der Waals surface area (Å²) >= 11 is 3.26. The van der Waals surface area contributed by atoms with Crippen LogP contribution in [-0.2, 0) is 4.74 Å². The maximum absolute atomic E-state index is 11.9. The highest BCUT2D eigenvalue weighted by molar-refractivity contribution is 8.01. The fraction of sp³-hybridized carbons (Fsp3) is 0.444. The van der Waals surface area contributed by atoms with Gasteiger partial charge in [-0.2, -0.15) is 0 Å². The highest BCUT2D eigenvalue weighted by Gasteiger charge is 2.04. The van der Waals surface area contributed by atoms with E-state index >= 15 is 0 Å². The van der Waals surface area contributed by atoms with Crippen LogP contribution < -0.4 is 10.6 Å². The Labute approximate surface area is 157 Å². The zero-order valence-electron chi connectivity index (χ0n) is 14.9. The fourth-order valence-corrected chi connectivity index (χ4v) is 3.77. The van der Waals surface area contributed by atoms with Gasteiger partial charge in [-0.15, -0.1) is 11.3 Å². The minimum Gasteiger partial charge on any atom is -0.381 e. The number of aryl methyl sites for hydroxylation is 1. The van der Waals surface area contributed by atoms with Gasteiger partial charge in [0.05, 0.1) is 0 Å². The smallest absolute Gasteiger partial charge is 0.319 e. The molecule has 2 rings (SSSR count). The molecule has 1 heterocycles. The number of hydrogen-bond donors (Lipinski definition) is 2.